The zero-order valence-corrected chi connectivity index (χ0v) is 23.5. The van der Waals surface area contributed by atoms with Crippen LogP contribution in [0.5, 0.6) is 5.75 Å². The Kier molecular flexibility index (Phi) is 5.80. The highest BCUT2D eigenvalue weighted by atomic mass is 16.5. The first-order chi connectivity index (χ1) is 20.3. The summed E-state index contributed by atoms with van der Waals surface area (Å²) in [5, 5.41) is 0.349. The van der Waals surface area contributed by atoms with E-state index in [9.17, 15) is 14.4 Å². The Morgan fingerprint density at radius 3 is 2.19 bits per heavy atom. The van der Waals surface area contributed by atoms with Crippen molar-refractivity contribution in [2.75, 3.05) is 12.0 Å². The fourth-order valence-electron chi connectivity index (χ4n) is 6.30. The van der Waals surface area contributed by atoms with Crippen LogP contribution in [0.2, 0.25) is 0 Å². The van der Waals surface area contributed by atoms with Gasteiger partial charge >= 0.3 is 0 Å². The maximum absolute atomic E-state index is 14.9. The van der Waals surface area contributed by atoms with E-state index in [2.05, 4.69) is 0 Å². The average molecular weight is 557 g/mol. The highest BCUT2D eigenvalue weighted by Crippen LogP contribution is 2.53. The molecule has 0 radical (unpaired) electrons. The lowest BCUT2D eigenvalue weighted by atomic mass is 9.83. The van der Waals surface area contributed by atoms with Gasteiger partial charge in [-0.25, -0.2) is 0 Å². The Balaban J connectivity index is 1.51. The van der Waals surface area contributed by atoms with Crippen LogP contribution >= 0.6 is 0 Å². The Morgan fingerprint density at radius 2 is 1.45 bits per heavy atom. The molecule has 0 aliphatic carbocycles. The molecule has 0 N–H and O–H groups in total. The van der Waals surface area contributed by atoms with Gasteiger partial charge in [0.05, 0.1) is 30.3 Å². The van der Waals surface area contributed by atoms with Crippen LogP contribution in [-0.2, 0) is 23.4 Å². The standard InChI is InChI=1S/C35H28N2O5/c1-21-17-26-29(18-22(21)2)42-32-30(31(26)38)35(37(33(32)39)20-24-13-15-25(41-3)16-14-24)27-11-7-8-12-28(27)36(34(35)40)19-23-9-5-4-6-10-23/h4-18H,19-20H2,1-3H3. The van der Waals surface area contributed by atoms with Gasteiger partial charge in [-0.1, -0.05) is 60.7 Å². The van der Waals surface area contributed by atoms with Crippen molar-refractivity contribution in [3.8, 4) is 5.75 Å². The molecule has 4 aromatic carbocycles. The van der Waals surface area contributed by atoms with Crippen molar-refractivity contribution in [2.24, 2.45) is 0 Å². The number of anilines is 1. The lowest BCUT2D eigenvalue weighted by Crippen LogP contribution is -2.52. The predicted octanol–water partition coefficient (Wildman–Crippen LogP) is 5.86. The highest BCUT2D eigenvalue weighted by Gasteiger charge is 2.65. The van der Waals surface area contributed by atoms with Crippen molar-refractivity contribution in [1.82, 2.24) is 4.90 Å². The van der Waals surface area contributed by atoms with E-state index in [0.717, 1.165) is 22.3 Å². The van der Waals surface area contributed by atoms with E-state index in [1.54, 1.807) is 24.1 Å². The van der Waals surface area contributed by atoms with E-state index >= 15 is 0 Å². The first-order valence-corrected chi connectivity index (χ1v) is 13.8. The van der Waals surface area contributed by atoms with Crippen molar-refractivity contribution in [2.45, 2.75) is 32.5 Å². The zero-order chi connectivity index (χ0) is 29.2. The summed E-state index contributed by atoms with van der Waals surface area (Å²) in [7, 11) is 1.59. The molecular formula is C35H28N2O5. The van der Waals surface area contributed by atoms with Crippen molar-refractivity contribution in [3.63, 3.8) is 0 Å². The minimum atomic E-state index is -1.69. The molecule has 7 rings (SSSR count). The molecule has 42 heavy (non-hydrogen) atoms. The number of fused-ring (bicyclic) bond motifs is 5. The molecule has 1 aromatic heterocycles. The number of nitrogens with zero attached hydrogens (tertiary/aromatic N) is 2. The Hall–Kier alpha value is -5.17. The Bertz CT molecular complexity index is 1960. The number of rotatable bonds is 5. The first-order valence-electron chi connectivity index (χ1n) is 13.8. The van der Waals surface area contributed by atoms with Crippen LogP contribution in [0.25, 0.3) is 11.0 Å². The molecule has 0 saturated carbocycles. The van der Waals surface area contributed by atoms with Crippen LogP contribution in [0, 0.1) is 13.8 Å². The molecule has 0 fully saturated rings. The average Bonchev–Trinajstić information content (AvgIpc) is 3.39. The lowest BCUT2D eigenvalue weighted by molar-refractivity contribution is -0.126. The van der Waals surface area contributed by atoms with Gasteiger partial charge in [-0.2, -0.15) is 0 Å². The van der Waals surface area contributed by atoms with Gasteiger partial charge in [-0.05, 0) is 66.4 Å². The third-order valence-corrected chi connectivity index (χ3v) is 8.54. The molecule has 1 atom stereocenters. The van der Waals surface area contributed by atoms with E-state index in [0.29, 0.717) is 28.0 Å². The normalized spacial score (nSPS) is 17.3. The third-order valence-electron chi connectivity index (χ3n) is 8.54. The fourth-order valence-corrected chi connectivity index (χ4v) is 6.30. The lowest BCUT2D eigenvalue weighted by Gasteiger charge is -2.34. The smallest absolute Gasteiger partial charge is 0.291 e. The summed E-state index contributed by atoms with van der Waals surface area (Å²) >= 11 is 0. The van der Waals surface area contributed by atoms with Gasteiger partial charge in [0.1, 0.15) is 11.3 Å². The van der Waals surface area contributed by atoms with Gasteiger partial charge < -0.3 is 19.0 Å². The molecule has 5 aromatic rings. The van der Waals surface area contributed by atoms with E-state index in [4.69, 9.17) is 9.15 Å². The Morgan fingerprint density at radius 1 is 0.786 bits per heavy atom. The predicted molar refractivity (Wildman–Crippen MR) is 160 cm³/mol. The van der Waals surface area contributed by atoms with Gasteiger partial charge in [0.15, 0.2) is 11.0 Å². The summed E-state index contributed by atoms with van der Waals surface area (Å²) in [6.07, 6.45) is 0. The number of carbonyl (C=O) groups is 2. The van der Waals surface area contributed by atoms with Crippen molar-refractivity contribution in [3.05, 3.63) is 140 Å². The molecule has 208 valence electrons. The minimum absolute atomic E-state index is 0.0739. The van der Waals surface area contributed by atoms with Gasteiger partial charge in [-0.3, -0.25) is 14.4 Å². The van der Waals surface area contributed by atoms with Gasteiger partial charge in [-0.15, -0.1) is 0 Å². The molecule has 1 unspecified atom stereocenters. The van der Waals surface area contributed by atoms with Crippen LogP contribution in [0.1, 0.15) is 43.9 Å². The van der Waals surface area contributed by atoms with Crippen LogP contribution in [0.15, 0.2) is 100 Å². The summed E-state index contributed by atoms with van der Waals surface area (Å²) in [5.41, 5.74) is 3.17. The molecule has 0 saturated heterocycles. The molecule has 2 aliphatic rings. The number of hydrogen-bond acceptors (Lipinski definition) is 5. The molecule has 2 aliphatic heterocycles. The maximum atomic E-state index is 14.9. The maximum Gasteiger partial charge on any atom is 0.291 e. The van der Waals surface area contributed by atoms with Crippen molar-refractivity contribution >= 4 is 28.5 Å². The highest BCUT2D eigenvalue weighted by molar-refractivity contribution is 6.17. The SMILES string of the molecule is COc1ccc(CN2C(=O)c3oc4cc(C)c(C)cc4c(=O)c3C23C(=O)N(Cc2ccccc2)c2ccccc23)cc1. The summed E-state index contributed by atoms with van der Waals surface area (Å²) in [6.45, 7) is 4.23. The first kappa shape index (κ1) is 25.8. The van der Waals surface area contributed by atoms with E-state index in [-0.39, 0.29) is 35.7 Å². The summed E-state index contributed by atoms with van der Waals surface area (Å²) in [6, 6.07) is 28.0. The van der Waals surface area contributed by atoms with E-state index in [1.807, 2.05) is 92.7 Å². The summed E-state index contributed by atoms with van der Waals surface area (Å²) in [4.78, 5) is 46.9. The van der Waals surface area contributed by atoms with Crippen LogP contribution < -0.4 is 15.1 Å². The molecule has 7 heteroatoms. The third kappa shape index (κ3) is 3.56. The fraction of sp³-hybridized carbons (Fsp3) is 0.171. The number of methoxy groups -OCH3 is 1. The second-order valence-electron chi connectivity index (χ2n) is 10.9. The number of benzene rings is 4. The number of hydrogen-bond donors (Lipinski definition) is 0. The number of aryl methyl sites for hydroxylation is 2. The molecule has 0 bridgehead atoms. The topological polar surface area (TPSA) is 80.1 Å². The van der Waals surface area contributed by atoms with Crippen LogP contribution in [0.4, 0.5) is 5.69 Å². The van der Waals surface area contributed by atoms with Gasteiger partial charge in [0, 0.05) is 12.1 Å². The largest absolute Gasteiger partial charge is 0.497 e. The van der Waals surface area contributed by atoms with Crippen LogP contribution in [-0.4, -0.2) is 23.8 Å². The van der Waals surface area contributed by atoms with E-state index in [1.165, 1.54) is 4.90 Å². The molecule has 7 nitrogen and oxygen atoms in total. The number of carbonyl (C=O) groups excluding carboxylic acids is 2. The molecular weight excluding hydrogens is 528 g/mol. The second kappa shape index (κ2) is 9.45. The zero-order valence-electron chi connectivity index (χ0n) is 23.5. The van der Waals surface area contributed by atoms with Gasteiger partial charge in [0.25, 0.3) is 11.8 Å². The van der Waals surface area contributed by atoms with Crippen molar-refractivity contribution in [1.29, 1.82) is 0 Å². The number of para-hydroxylation sites is 1. The minimum Gasteiger partial charge on any atom is -0.497 e. The van der Waals surface area contributed by atoms with Crippen LogP contribution in [0.3, 0.4) is 0 Å². The second-order valence-corrected chi connectivity index (χ2v) is 10.9. The number of amides is 2. The van der Waals surface area contributed by atoms with E-state index < -0.39 is 11.4 Å². The molecule has 2 amide bonds. The quantitative estimate of drug-likeness (QED) is 0.271. The summed E-state index contributed by atoms with van der Waals surface area (Å²) < 4.78 is 11.6. The molecule has 3 heterocycles. The summed E-state index contributed by atoms with van der Waals surface area (Å²) in [5.74, 6) is -0.268. The number of ether oxygens (including phenoxy) is 1. The monoisotopic (exact) mass is 556 g/mol. The Labute approximate surface area is 242 Å². The molecule has 1 spiro atoms. The van der Waals surface area contributed by atoms with Gasteiger partial charge in [0.2, 0.25) is 5.76 Å². The van der Waals surface area contributed by atoms with Crippen molar-refractivity contribution < 1.29 is 18.7 Å².